The third-order valence-electron chi connectivity index (χ3n) is 3.87. The molecule has 0 radical (unpaired) electrons. The largest absolute Gasteiger partial charge is 0.0845 e. The molecular formula is C18H32. The fourth-order valence-electron chi connectivity index (χ4n) is 2.64. The van der Waals surface area contributed by atoms with Crippen molar-refractivity contribution in [3.63, 3.8) is 0 Å². The van der Waals surface area contributed by atoms with Crippen molar-refractivity contribution >= 4 is 0 Å². The van der Waals surface area contributed by atoms with Crippen molar-refractivity contribution < 1.29 is 0 Å². The smallest absolute Gasteiger partial charge is 0.0348 e. The summed E-state index contributed by atoms with van der Waals surface area (Å²) < 4.78 is 0. The topological polar surface area (TPSA) is 0 Å². The van der Waals surface area contributed by atoms with Crippen molar-refractivity contribution in [1.29, 1.82) is 0 Å². The summed E-state index contributed by atoms with van der Waals surface area (Å²) in [4.78, 5) is 0. The fourth-order valence-corrected chi connectivity index (χ4v) is 2.64. The van der Waals surface area contributed by atoms with Crippen LogP contribution in [0.2, 0.25) is 0 Å². The lowest BCUT2D eigenvalue weighted by Gasteiger charge is -2.02. The average Bonchev–Trinajstić information content (AvgIpc) is 2.39. The van der Waals surface area contributed by atoms with Gasteiger partial charge in [-0.1, -0.05) is 88.5 Å². The Morgan fingerprint density at radius 2 is 0.611 bits per heavy atom. The molecule has 0 bridgehead atoms. The van der Waals surface area contributed by atoms with E-state index in [1.165, 1.54) is 89.9 Å². The summed E-state index contributed by atoms with van der Waals surface area (Å²) in [6.07, 6.45) is 29.0. The second-order valence-electron chi connectivity index (χ2n) is 5.68. The zero-order valence-corrected chi connectivity index (χ0v) is 12.2. The quantitative estimate of drug-likeness (QED) is 0.454. The predicted molar refractivity (Wildman–Crippen MR) is 82.9 cm³/mol. The van der Waals surface area contributed by atoms with Crippen LogP contribution in [0.5, 0.6) is 0 Å². The van der Waals surface area contributed by atoms with Gasteiger partial charge in [0.15, 0.2) is 0 Å². The fraction of sp³-hybridized carbons (Fsp3) is 0.778. The lowest BCUT2D eigenvalue weighted by molar-refractivity contribution is 0.542. The third kappa shape index (κ3) is 10.6. The van der Waals surface area contributed by atoms with E-state index in [4.69, 9.17) is 0 Å². The highest BCUT2D eigenvalue weighted by molar-refractivity contribution is 5.02. The van der Waals surface area contributed by atoms with Crippen molar-refractivity contribution in [3.8, 4) is 0 Å². The molecule has 0 aromatic carbocycles. The van der Waals surface area contributed by atoms with Gasteiger partial charge in [-0.25, -0.2) is 0 Å². The van der Waals surface area contributed by atoms with E-state index in [9.17, 15) is 0 Å². The third-order valence-corrected chi connectivity index (χ3v) is 3.87. The Morgan fingerprint density at radius 3 is 0.944 bits per heavy atom. The van der Waals surface area contributed by atoms with E-state index in [1.54, 1.807) is 0 Å². The standard InChI is InChI=1S/C18H32/c1-2-4-6-8-10-12-14-16-18-17-15-13-11-9-7-5-3-1/h1-4H,5-18H2/b3-1+,4-2+. The molecule has 1 rings (SSSR count). The number of hydrogen-bond donors (Lipinski definition) is 0. The van der Waals surface area contributed by atoms with E-state index in [-0.39, 0.29) is 0 Å². The summed E-state index contributed by atoms with van der Waals surface area (Å²) >= 11 is 0. The Hall–Kier alpha value is -0.520. The maximum Gasteiger partial charge on any atom is -0.0348 e. The molecule has 0 amide bonds. The van der Waals surface area contributed by atoms with E-state index < -0.39 is 0 Å². The molecule has 0 aromatic heterocycles. The van der Waals surface area contributed by atoms with Gasteiger partial charge in [-0.3, -0.25) is 0 Å². The monoisotopic (exact) mass is 248 g/mol. The molecule has 0 aromatic rings. The molecule has 0 saturated heterocycles. The van der Waals surface area contributed by atoms with Crippen LogP contribution in [0, 0.1) is 0 Å². The van der Waals surface area contributed by atoms with Crippen LogP contribution >= 0.6 is 0 Å². The first-order valence-electron chi connectivity index (χ1n) is 8.32. The molecule has 0 aliphatic heterocycles. The van der Waals surface area contributed by atoms with Gasteiger partial charge in [-0.15, -0.1) is 0 Å². The maximum atomic E-state index is 2.33. The molecule has 1 aliphatic carbocycles. The van der Waals surface area contributed by atoms with Crippen LogP contribution in [-0.4, -0.2) is 0 Å². The van der Waals surface area contributed by atoms with E-state index >= 15 is 0 Å². The molecule has 0 nitrogen and oxygen atoms in total. The van der Waals surface area contributed by atoms with Gasteiger partial charge < -0.3 is 0 Å². The highest BCUT2D eigenvalue weighted by Gasteiger charge is 1.93. The molecule has 0 atom stereocenters. The lowest BCUT2D eigenvalue weighted by Crippen LogP contribution is -1.83. The first kappa shape index (κ1) is 15.5. The lowest BCUT2D eigenvalue weighted by atomic mass is 10.0. The summed E-state index contributed by atoms with van der Waals surface area (Å²) in [5.41, 5.74) is 0. The summed E-state index contributed by atoms with van der Waals surface area (Å²) in [6.45, 7) is 0. The molecule has 18 heavy (non-hydrogen) atoms. The van der Waals surface area contributed by atoms with Crippen molar-refractivity contribution in [3.05, 3.63) is 24.3 Å². The van der Waals surface area contributed by atoms with Crippen LogP contribution in [-0.2, 0) is 0 Å². The molecule has 0 spiro atoms. The van der Waals surface area contributed by atoms with Crippen LogP contribution in [0.15, 0.2) is 24.3 Å². The Balaban J connectivity index is 2.13. The van der Waals surface area contributed by atoms with Gasteiger partial charge in [0.05, 0.1) is 0 Å². The van der Waals surface area contributed by atoms with Crippen molar-refractivity contribution in [2.45, 2.75) is 89.9 Å². The Bertz CT molecular complexity index is 188. The van der Waals surface area contributed by atoms with Gasteiger partial charge in [0, 0.05) is 0 Å². The molecule has 0 fully saturated rings. The molecule has 0 saturated carbocycles. The number of allylic oxidation sites excluding steroid dienone is 4. The average molecular weight is 248 g/mol. The van der Waals surface area contributed by atoms with Gasteiger partial charge in [0.1, 0.15) is 0 Å². The Labute approximate surface area is 115 Å². The second-order valence-corrected chi connectivity index (χ2v) is 5.68. The summed E-state index contributed by atoms with van der Waals surface area (Å²) in [6, 6.07) is 0. The molecule has 0 heteroatoms. The highest BCUT2D eigenvalue weighted by Crippen LogP contribution is 2.13. The van der Waals surface area contributed by atoms with Gasteiger partial charge in [0.2, 0.25) is 0 Å². The van der Waals surface area contributed by atoms with Gasteiger partial charge in [-0.05, 0) is 25.7 Å². The molecule has 0 heterocycles. The van der Waals surface area contributed by atoms with E-state index in [0.717, 1.165) is 0 Å². The van der Waals surface area contributed by atoms with Crippen LogP contribution in [0.1, 0.15) is 89.9 Å². The zero-order valence-electron chi connectivity index (χ0n) is 12.2. The first-order chi connectivity index (χ1) is 9.00. The normalized spacial score (nSPS) is 25.8. The van der Waals surface area contributed by atoms with E-state index in [1.807, 2.05) is 0 Å². The van der Waals surface area contributed by atoms with E-state index in [2.05, 4.69) is 24.3 Å². The highest BCUT2D eigenvalue weighted by atomic mass is 14.0. The van der Waals surface area contributed by atoms with Crippen molar-refractivity contribution in [1.82, 2.24) is 0 Å². The minimum Gasteiger partial charge on any atom is -0.0845 e. The minimum atomic E-state index is 1.27. The molecule has 1 aliphatic rings. The molecule has 0 unspecified atom stereocenters. The first-order valence-corrected chi connectivity index (χ1v) is 8.32. The van der Waals surface area contributed by atoms with E-state index in [0.29, 0.717) is 0 Å². The van der Waals surface area contributed by atoms with Gasteiger partial charge in [0.25, 0.3) is 0 Å². The molecule has 0 N–H and O–H groups in total. The van der Waals surface area contributed by atoms with Crippen molar-refractivity contribution in [2.24, 2.45) is 0 Å². The molecule has 104 valence electrons. The predicted octanol–water partition coefficient (Wildman–Crippen LogP) is 6.57. The SMILES string of the molecule is C1=C/CCCCCCCCCCCCCC/C=C/1. The van der Waals surface area contributed by atoms with Crippen LogP contribution in [0.3, 0.4) is 0 Å². The van der Waals surface area contributed by atoms with Gasteiger partial charge >= 0.3 is 0 Å². The maximum absolute atomic E-state index is 2.33. The molecular weight excluding hydrogens is 216 g/mol. The van der Waals surface area contributed by atoms with Crippen LogP contribution in [0.4, 0.5) is 0 Å². The zero-order chi connectivity index (χ0) is 12.7. The minimum absolute atomic E-state index is 1.27. The second kappa shape index (κ2) is 12.9. The number of rotatable bonds is 0. The van der Waals surface area contributed by atoms with Gasteiger partial charge in [-0.2, -0.15) is 0 Å². The Morgan fingerprint density at radius 1 is 0.333 bits per heavy atom. The van der Waals surface area contributed by atoms with Crippen LogP contribution in [0.25, 0.3) is 0 Å². The summed E-state index contributed by atoms with van der Waals surface area (Å²) in [5.74, 6) is 0. The summed E-state index contributed by atoms with van der Waals surface area (Å²) in [7, 11) is 0. The number of hydrogen-bond acceptors (Lipinski definition) is 0. The van der Waals surface area contributed by atoms with Crippen molar-refractivity contribution in [2.75, 3.05) is 0 Å². The Kier molecular flexibility index (Phi) is 11.2. The summed E-state index contributed by atoms with van der Waals surface area (Å²) in [5, 5.41) is 0. The van der Waals surface area contributed by atoms with Crippen LogP contribution < -0.4 is 0 Å².